The van der Waals surface area contributed by atoms with Crippen LogP contribution in [-0.4, -0.2) is 55.2 Å². The second-order valence-electron chi connectivity index (χ2n) is 5.98. The molecule has 2 rings (SSSR count). The number of benzene rings is 1. The molecule has 9 heteroatoms. The van der Waals surface area contributed by atoms with Crippen LogP contribution < -0.4 is 15.5 Å². The van der Waals surface area contributed by atoms with Gasteiger partial charge >= 0.3 is 5.97 Å². The highest BCUT2D eigenvalue weighted by Gasteiger charge is 2.36. The van der Waals surface area contributed by atoms with Gasteiger partial charge in [-0.3, -0.25) is 28.9 Å². The molecular formula is C18H21N3O6. The lowest BCUT2D eigenvalue weighted by atomic mass is 10.1. The topological polar surface area (TPSA) is 122 Å². The maximum atomic E-state index is 12.0. The second kappa shape index (κ2) is 8.93. The van der Waals surface area contributed by atoms with Crippen molar-refractivity contribution in [3.05, 3.63) is 29.8 Å². The lowest BCUT2D eigenvalue weighted by molar-refractivity contribution is -0.147. The van der Waals surface area contributed by atoms with Crippen molar-refractivity contribution < 1.29 is 28.7 Å². The van der Waals surface area contributed by atoms with Gasteiger partial charge in [0.05, 0.1) is 11.3 Å². The van der Waals surface area contributed by atoms with Crippen LogP contribution in [0.3, 0.4) is 0 Å². The van der Waals surface area contributed by atoms with E-state index in [0.29, 0.717) is 12.2 Å². The smallest absolute Gasteiger partial charge is 0.326 e. The zero-order chi connectivity index (χ0) is 20.0. The first-order valence-corrected chi connectivity index (χ1v) is 8.53. The quantitative estimate of drug-likeness (QED) is 0.479. The normalized spacial score (nSPS) is 13.8. The molecule has 27 heavy (non-hydrogen) atoms. The molecule has 0 saturated carbocycles. The third-order valence-electron chi connectivity index (χ3n) is 3.85. The molecule has 1 aliphatic heterocycles. The molecule has 0 bridgehead atoms. The van der Waals surface area contributed by atoms with Crippen LogP contribution in [0, 0.1) is 0 Å². The molecule has 0 aliphatic carbocycles. The predicted octanol–water partition coefficient (Wildman–Crippen LogP) is -0.210. The molecule has 0 radical (unpaired) electrons. The van der Waals surface area contributed by atoms with Crippen LogP contribution in [0.25, 0.3) is 0 Å². The number of hydrogen-bond acceptors (Lipinski definition) is 6. The van der Waals surface area contributed by atoms with Gasteiger partial charge in [0.2, 0.25) is 5.91 Å². The highest BCUT2D eigenvalue weighted by Crippen LogP contribution is 2.28. The van der Waals surface area contributed by atoms with E-state index in [-0.39, 0.29) is 11.5 Å². The summed E-state index contributed by atoms with van der Waals surface area (Å²) in [6.45, 7) is 2.83. The first-order chi connectivity index (χ1) is 12.8. The highest BCUT2D eigenvalue weighted by atomic mass is 16.5. The monoisotopic (exact) mass is 375 g/mol. The molecule has 1 aliphatic rings. The summed E-state index contributed by atoms with van der Waals surface area (Å²) in [6, 6.07) is 5.54. The van der Waals surface area contributed by atoms with Crippen LogP contribution in [0.2, 0.25) is 0 Å². The standard InChI is InChI=1S/C18H21N3O6/c1-3-8-19-17(25)11(2)20-14(22)10-27-15(23)9-21-13-7-5-4-6-12(13)16(24)18(21)26/h4-7,11H,3,8-10H2,1-2H3,(H,19,25)(H,20,22)/t11-/m0/s1. The minimum atomic E-state index is -0.842. The molecule has 1 aromatic rings. The van der Waals surface area contributed by atoms with Gasteiger partial charge in [-0.05, 0) is 25.5 Å². The molecule has 0 unspecified atom stereocenters. The molecule has 2 N–H and O–H groups in total. The molecule has 9 nitrogen and oxygen atoms in total. The molecule has 1 atom stereocenters. The summed E-state index contributed by atoms with van der Waals surface area (Å²) < 4.78 is 4.84. The van der Waals surface area contributed by atoms with Crippen molar-refractivity contribution in [2.75, 3.05) is 24.6 Å². The van der Waals surface area contributed by atoms with Crippen molar-refractivity contribution in [1.29, 1.82) is 0 Å². The minimum absolute atomic E-state index is 0.222. The van der Waals surface area contributed by atoms with Crippen LogP contribution >= 0.6 is 0 Å². The van der Waals surface area contributed by atoms with Crippen molar-refractivity contribution in [2.24, 2.45) is 0 Å². The van der Waals surface area contributed by atoms with Gasteiger partial charge in [-0.25, -0.2) is 0 Å². The number of nitrogens with zero attached hydrogens (tertiary/aromatic N) is 1. The van der Waals surface area contributed by atoms with Crippen LogP contribution in [-0.2, 0) is 23.9 Å². The van der Waals surface area contributed by atoms with E-state index < -0.39 is 42.8 Å². The summed E-state index contributed by atoms with van der Waals surface area (Å²) in [5.74, 6) is -3.34. The van der Waals surface area contributed by atoms with E-state index in [9.17, 15) is 24.0 Å². The number of ketones is 1. The molecule has 3 amide bonds. The summed E-state index contributed by atoms with van der Waals surface area (Å²) >= 11 is 0. The summed E-state index contributed by atoms with van der Waals surface area (Å²) in [5, 5.41) is 5.04. The Morgan fingerprint density at radius 2 is 1.89 bits per heavy atom. The number of ether oxygens (including phenoxy) is 1. The van der Waals surface area contributed by atoms with E-state index in [4.69, 9.17) is 4.74 Å². The second-order valence-corrected chi connectivity index (χ2v) is 5.98. The fourth-order valence-electron chi connectivity index (χ4n) is 2.48. The molecule has 1 heterocycles. The Kier molecular flexibility index (Phi) is 6.64. The number of fused-ring (bicyclic) bond motifs is 1. The molecule has 0 spiro atoms. The summed E-state index contributed by atoms with van der Waals surface area (Å²) in [7, 11) is 0. The Morgan fingerprint density at radius 1 is 1.19 bits per heavy atom. The number of rotatable bonds is 8. The van der Waals surface area contributed by atoms with Crippen LogP contribution in [0.15, 0.2) is 24.3 Å². The minimum Gasteiger partial charge on any atom is -0.454 e. The van der Waals surface area contributed by atoms with Gasteiger partial charge in [0.25, 0.3) is 17.6 Å². The van der Waals surface area contributed by atoms with E-state index in [0.717, 1.165) is 11.3 Å². The van der Waals surface area contributed by atoms with Crippen LogP contribution in [0.4, 0.5) is 5.69 Å². The van der Waals surface area contributed by atoms with Crippen molar-refractivity contribution in [3.8, 4) is 0 Å². The average molecular weight is 375 g/mol. The lowest BCUT2D eigenvalue weighted by Gasteiger charge is -2.16. The Balaban J connectivity index is 1.83. The zero-order valence-electron chi connectivity index (χ0n) is 15.1. The first-order valence-electron chi connectivity index (χ1n) is 8.53. The number of esters is 1. The number of Topliss-reactive ketones (excluding diaryl/α,β-unsaturated/α-hetero) is 1. The number of para-hydroxylation sites is 1. The summed E-state index contributed by atoms with van der Waals surface area (Å²) in [4.78, 5) is 60.3. The van der Waals surface area contributed by atoms with Crippen molar-refractivity contribution in [1.82, 2.24) is 10.6 Å². The first kappa shape index (κ1) is 20.1. The van der Waals surface area contributed by atoms with Gasteiger partial charge in [0.1, 0.15) is 12.6 Å². The van der Waals surface area contributed by atoms with Gasteiger partial charge < -0.3 is 15.4 Å². The van der Waals surface area contributed by atoms with Gasteiger partial charge in [-0.1, -0.05) is 19.1 Å². The van der Waals surface area contributed by atoms with Crippen LogP contribution in [0.1, 0.15) is 30.6 Å². The van der Waals surface area contributed by atoms with Crippen molar-refractivity contribution in [2.45, 2.75) is 26.3 Å². The summed E-state index contributed by atoms with van der Waals surface area (Å²) in [5.41, 5.74) is 0.551. The molecule has 0 saturated heterocycles. The van der Waals surface area contributed by atoms with E-state index in [2.05, 4.69) is 10.6 Å². The average Bonchev–Trinajstić information content (AvgIpc) is 2.89. The van der Waals surface area contributed by atoms with E-state index in [1.807, 2.05) is 6.92 Å². The fourth-order valence-corrected chi connectivity index (χ4v) is 2.48. The maximum absolute atomic E-state index is 12.0. The highest BCUT2D eigenvalue weighted by molar-refractivity contribution is 6.52. The van der Waals surface area contributed by atoms with Crippen molar-refractivity contribution in [3.63, 3.8) is 0 Å². The molecule has 144 valence electrons. The van der Waals surface area contributed by atoms with Gasteiger partial charge in [-0.15, -0.1) is 0 Å². The van der Waals surface area contributed by atoms with Crippen LogP contribution in [0.5, 0.6) is 0 Å². The predicted molar refractivity (Wildman–Crippen MR) is 95.0 cm³/mol. The number of carbonyl (C=O) groups is 5. The number of nitrogens with one attached hydrogen (secondary N) is 2. The van der Waals surface area contributed by atoms with Gasteiger partial charge in [0, 0.05) is 6.54 Å². The van der Waals surface area contributed by atoms with Gasteiger partial charge in [-0.2, -0.15) is 0 Å². The third-order valence-corrected chi connectivity index (χ3v) is 3.85. The van der Waals surface area contributed by atoms with E-state index in [1.54, 1.807) is 18.2 Å². The molecule has 0 aromatic heterocycles. The zero-order valence-corrected chi connectivity index (χ0v) is 15.1. The molecule has 0 fully saturated rings. The van der Waals surface area contributed by atoms with Crippen molar-refractivity contribution >= 4 is 35.2 Å². The Morgan fingerprint density at radius 3 is 2.59 bits per heavy atom. The Labute approximate surface area is 156 Å². The Hall–Kier alpha value is -3.23. The molecular weight excluding hydrogens is 354 g/mol. The fraction of sp³-hybridized carbons (Fsp3) is 0.389. The summed E-state index contributed by atoms with van der Waals surface area (Å²) in [6.07, 6.45) is 0.769. The number of amides is 3. The van der Waals surface area contributed by atoms with E-state index >= 15 is 0 Å². The lowest BCUT2D eigenvalue weighted by Crippen LogP contribution is -2.46. The van der Waals surface area contributed by atoms with Gasteiger partial charge in [0.15, 0.2) is 6.61 Å². The SMILES string of the molecule is CCCNC(=O)[C@H](C)NC(=O)COC(=O)CN1C(=O)C(=O)c2ccccc21. The number of carbonyl (C=O) groups excluding carboxylic acids is 5. The van der Waals surface area contributed by atoms with E-state index in [1.165, 1.54) is 13.0 Å². The number of anilines is 1. The maximum Gasteiger partial charge on any atom is 0.326 e. The Bertz CT molecular complexity index is 776. The third kappa shape index (κ3) is 4.90. The number of hydrogen-bond donors (Lipinski definition) is 2. The molecule has 1 aromatic carbocycles. The largest absolute Gasteiger partial charge is 0.454 e.